The molecule has 1 aliphatic rings. The van der Waals surface area contributed by atoms with Crippen molar-refractivity contribution in [1.29, 1.82) is 0 Å². The predicted molar refractivity (Wildman–Crippen MR) is 123 cm³/mol. The molecule has 1 saturated heterocycles. The van der Waals surface area contributed by atoms with Crippen molar-refractivity contribution in [2.24, 2.45) is 0 Å². The first kappa shape index (κ1) is 26.8. The summed E-state index contributed by atoms with van der Waals surface area (Å²) in [6.45, 7) is -3.07. The number of alkyl halides is 2. The van der Waals surface area contributed by atoms with Crippen LogP contribution in [0.4, 0.5) is 8.78 Å². The van der Waals surface area contributed by atoms with Gasteiger partial charge in [0.05, 0.1) is 30.9 Å². The Hall–Kier alpha value is -3.24. The van der Waals surface area contributed by atoms with Crippen LogP contribution in [0.2, 0.25) is 0 Å². The lowest BCUT2D eigenvalue weighted by Crippen LogP contribution is -2.57. The van der Waals surface area contributed by atoms with E-state index in [0.717, 1.165) is 11.8 Å². The summed E-state index contributed by atoms with van der Waals surface area (Å²) in [5.41, 5.74) is 0.886. The van der Waals surface area contributed by atoms with Crippen molar-refractivity contribution in [3.05, 3.63) is 36.2 Å². The minimum Gasteiger partial charge on any atom is -0.493 e. The second-order valence-electron chi connectivity index (χ2n) is 7.83. The molecule has 3 aromatic rings. The molecular weight excluding hydrogens is 520 g/mol. The molecule has 200 valence electrons. The van der Waals surface area contributed by atoms with Gasteiger partial charge in [-0.15, -0.1) is 0 Å². The lowest BCUT2D eigenvalue weighted by Gasteiger charge is -2.39. The molecule has 0 bridgehead atoms. The second kappa shape index (κ2) is 11.0. The maximum Gasteiger partial charge on any atom is 0.387 e. The number of carboxylic acids is 1. The van der Waals surface area contributed by atoms with E-state index in [1.54, 1.807) is 6.07 Å². The number of thioether (sulfide) groups is 1. The molecule has 0 aliphatic carbocycles. The Labute approximate surface area is 212 Å². The van der Waals surface area contributed by atoms with Gasteiger partial charge in [-0.1, -0.05) is 11.8 Å². The molecule has 3 heterocycles. The lowest BCUT2D eigenvalue weighted by atomic mass is 9.98. The van der Waals surface area contributed by atoms with Crippen LogP contribution in [0.25, 0.3) is 11.0 Å². The van der Waals surface area contributed by atoms with Gasteiger partial charge in [-0.2, -0.15) is 8.78 Å². The van der Waals surface area contributed by atoms with Crippen LogP contribution in [0.15, 0.2) is 35.6 Å². The summed E-state index contributed by atoms with van der Waals surface area (Å²) >= 11 is 1.08. The highest BCUT2D eigenvalue weighted by molar-refractivity contribution is 7.98. The van der Waals surface area contributed by atoms with Crippen molar-refractivity contribution in [1.82, 2.24) is 14.5 Å². The Kier molecular flexibility index (Phi) is 7.99. The van der Waals surface area contributed by atoms with Gasteiger partial charge in [0.25, 0.3) is 0 Å². The molecule has 1 fully saturated rings. The molecule has 37 heavy (non-hydrogen) atoms. The smallest absolute Gasteiger partial charge is 0.387 e. The zero-order chi connectivity index (χ0) is 26.9. The number of aliphatic carboxylic acids is 1. The van der Waals surface area contributed by atoms with Gasteiger partial charge in [0, 0.05) is 24.1 Å². The average molecular weight is 544 g/mol. The SMILES string of the molecule is COc1ccnc(CSc2nc3cc(OC(F)F)ccc3n2[C@H]2O[C@H](C(=O)O)[C@H](O)[C@H](O)[C@H]2O)c1OC. The molecule has 1 aliphatic heterocycles. The molecule has 0 unspecified atom stereocenters. The number of methoxy groups -OCH3 is 2. The number of hydrogen-bond acceptors (Lipinski definition) is 11. The number of carboxylic acid groups (broad SMARTS) is 1. The van der Waals surface area contributed by atoms with Crippen molar-refractivity contribution in [2.75, 3.05) is 14.2 Å². The van der Waals surface area contributed by atoms with Crippen LogP contribution >= 0.6 is 11.8 Å². The monoisotopic (exact) mass is 543 g/mol. The summed E-state index contributed by atoms with van der Waals surface area (Å²) in [4.78, 5) is 20.4. The molecule has 2 aromatic heterocycles. The third-order valence-corrected chi connectivity index (χ3v) is 6.61. The largest absolute Gasteiger partial charge is 0.493 e. The highest BCUT2D eigenvalue weighted by atomic mass is 32.2. The molecule has 12 nitrogen and oxygen atoms in total. The number of benzene rings is 1. The number of carbonyl (C=O) groups is 1. The average Bonchev–Trinajstić information content (AvgIpc) is 3.22. The van der Waals surface area contributed by atoms with Gasteiger partial charge in [0.1, 0.15) is 24.1 Å². The maximum absolute atomic E-state index is 12.7. The quantitative estimate of drug-likeness (QED) is 0.287. The van der Waals surface area contributed by atoms with E-state index in [0.29, 0.717) is 17.2 Å². The summed E-state index contributed by atoms with van der Waals surface area (Å²) < 4.78 is 47.4. The maximum atomic E-state index is 12.7. The van der Waals surface area contributed by atoms with E-state index in [1.165, 1.54) is 43.2 Å². The highest BCUT2D eigenvalue weighted by Crippen LogP contribution is 2.39. The van der Waals surface area contributed by atoms with Gasteiger partial charge in [0.15, 0.2) is 29.0 Å². The van der Waals surface area contributed by atoms with Crippen LogP contribution in [0.5, 0.6) is 17.2 Å². The molecule has 15 heteroatoms. The zero-order valence-electron chi connectivity index (χ0n) is 19.4. The van der Waals surface area contributed by atoms with Crippen LogP contribution in [0, 0.1) is 0 Å². The third-order valence-electron chi connectivity index (χ3n) is 5.64. The summed E-state index contributed by atoms with van der Waals surface area (Å²) in [6, 6.07) is 5.46. The Balaban J connectivity index is 1.78. The first-order chi connectivity index (χ1) is 17.7. The fraction of sp³-hybridized carbons (Fsp3) is 0.409. The van der Waals surface area contributed by atoms with E-state index in [9.17, 15) is 34.0 Å². The van der Waals surface area contributed by atoms with Gasteiger partial charge in [-0.3, -0.25) is 9.55 Å². The van der Waals surface area contributed by atoms with E-state index in [-0.39, 0.29) is 27.7 Å². The Morgan fingerprint density at radius 3 is 2.57 bits per heavy atom. The first-order valence-electron chi connectivity index (χ1n) is 10.7. The number of pyridine rings is 1. The summed E-state index contributed by atoms with van der Waals surface area (Å²) in [6.07, 6.45) is -7.38. The van der Waals surface area contributed by atoms with Gasteiger partial charge in [0.2, 0.25) is 0 Å². The zero-order valence-corrected chi connectivity index (χ0v) is 20.2. The van der Waals surface area contributed by atoms with Gasteiger partial charge in [-0.05, 0) is 12.1 Å². The van der Waals surface area contributed by atoms with Gasteiger partial charge in [-0.25, -0.2) is 9.78 Å². The van der Waals surface area contributed by atoms with E-state index in [2.05, 4.69) is 14.7 Å². The standard InChI is InChI=1S/C22H23F2N3O9S/c1-33-13-5-6-25-11(17(13)34-2)8-37-22-26-10-7-9(35-21(23)24)3-4-12(10)27(22)19-16(30)14(28)15(29)18(36-19)20(31)32/h3-7,14-16,18-19,21,28-30H,8H2,1-2H3,(H,31,32)/t14-,15+,16+,18-,19-/m0/s1. The molecule has 0 radical (unpaired) electrons. The van der Waals surface area contributed by atoms with E-state index < -0.39 is 43.2 Å². The number of aliphatic hydroxyl groups is 3. The molecule has 5 atom stereocenters. The Morgan fingerprint density at radius 1 is 1.16 bits per heavy atom. The molecule has 0 amide bonds. The normalized spacial score (nSPS) is 23.8. The Morgan fingerprint density at radius 2 is 1.92 bits per heavy atom. The van der Waals surface area contributed by atoms with E-state index in [4.69, 9.17) is 14.2 Å². The van der Waals surface area contributed by atoms with Gasteiger partial charge < -0.3 is 39.4 Å². The third kappa shape index (κ3) is 5.26. The number of fused-ring (bicyclic) bond motifs is 1. The number of ether oxygens (including phenoxy) is 4. The number of rotatable bonds is 9. The number of halogens is 2. The molecule has 4 N–H and O–H groups in total. The van der Waals surface area contributed by atoms with Crippen LogP contribution in [-0.4, -0.2) is 86.2 Å². The predicted octanol–water partition coefficient (Wildman–Crippen LogP) is 1.41. The van der Waals surface area contributed by atoms with Crippen LogP contribution in [0.3, 0.4) is 0 Å². The van der Waals surface area contributed by atoms with Crippen molar-refractivity contribution < 1.29 is 52.9 Å². The summed E-state index contributed by atoms with van der Waals surface area (Å²) in [7, 11) is 2.91. The number of nitrogens with zero attached hydrogens (tertiary/aromatic N) is 3. The molecule has 0 spiro atoms. The van der Waals surface area contributed by atoms with E-state index in [1.807, 2.05) is 0 Å². The van der Waals surface area contributed by atoms with Crippen LogP contribution in [-0.2, 0) is 15.3 Å². The molecular formula is C22H23F2N3O9S. The summed E-state index contributed by atoms with van der Waals surface area (Å²) in [5, 5.41) is 40.8. The first-order valence-corrected chi connectivity index (χ1v) is 11.7. The summed E-state index contributed by atoms with van der Waals surface area (Å²) in [5.74, 6) is -0.779. The van der Waals surface area contributed by atoms with Crippen LogP contribution < -0.4 is 14.2 Å². The Bertz CT molecular complexity index is 1280. The van der Waals surface area contributed by atoms with Crippen molar-refractivity contribution in [3.8, 4) is 17.2 Å². The van der Waals surface area contributed by atoms with Crippen molar-refractivity contribution in [2.45, 2.75) is 48.2 Å². The number of hydrogen-bond donors (Lipinski definition) is 4. The topological polar surface area (TPSA) is 166 Å². The van der Waals surface area contributed by atoms with Crippen molar-refractivity contribution in [3.63, 3.8) is 0 Å². The number of aliphatic hydroxyl groups excluding tert-OH is 3. The molecule has 0 saturated carbocycles. The molecule has 4 rings (SSSR count). The molecule has 1 aromatic carbocycles. The fourth-order valence-corrected chi connectivity index (χ4v) is 4.92. The van der Waals surface area contributed by atoms with E-state index >= 15 is 0 Å². The lowest BCUT2D eigenvalue weighted by molar-refractivity contribution is -0.247. The number of aromatic nitrogens is 3. The minimum absolute atomic E-state index is 0.153. The minimum atomic E-state index is -3.07. The van der Waals surface area contributed by atoms with Crippen molar-refractivity contribution >= 4 is 28.8 Å². The van der Waals surface area contributed by atoms with Gasteiger partial charge >= 0.3 is 12.6 Å². The number of imidazole rings is 1. The second-order valence-corrected chi connectivity index (χ2v) is 8.77. The van der Waals surface area contributed by atoms with Crippen LogP contribution in [0.1, 0.15) is 11.9 Å². The fourth-order valence-electron chi connectivity index (χ4n) is 3.95. The highest BCUT2D eigenvalue weighted by Gasteiger charge is 2.48.